The summed E-state index contributed by atoms with van der Waals surface area (Å²) in [6.45, 7) is 8.72. The first-order chi connectivity index (χ1) is 17.9. The SMILES string of the molecule is C=CCNC(=O)Nc1cc(C)c2nc(CCC)n(Cc3ccc(-c4ccccc4OC(=O)O)cc3)c2c1. The molecule has 190 valence electrons. The Morgan fingerprint density at radius 1 is 1.14 bits per heavy atom. The zero-order valence-electron chi connectivity index (χ0n) is 21.0. The number of aromatic nitrogens is 2. The number of rotatable bonds is 9. The maximum Gasteiger partial charge on any atom is 0.511 e. The largest absolute Gasteiger partial charge is 0.511 e. The molecule has 0 bridgehead atoms. The molecule has 3 aromatic carbocycles. The Kier molecular flexibility index (Phi) is 7.88. The van der Waals surface area contributed by atoms with Crippen LogP contribution in [0.15, 0.2) is 73.3 Å². The Balaban J connectivity index is 1.66. The third-order valence-electron chi connectivity index (χ3n) is 5.95. The highest BCUT2D eigenvalue weighted by molar-refractivity contribution is 5.93. The van der Waals surface area contributed by atoms with E-state index in [0.717, 1.165) is 46.4 Å². The van der Waals surface area contributed by atoms with Crippen LogP contribution in [0.4, 0.5) is 15.3 Å². The molecule has 4 aromatic rings. The molecule has 8 nitrogen and oxygen atoms in total. The molecule has 0 spiro atoms. The number of benzene rings is 3. The van der Waals surface area contributed by atoms with Crippen LogP contribution in [0, 0.1) is 6.92 Å². The molecule has 0 unspecified atom stereocenters. The monoisotopic (exact) mass is 498 g/mol. The highest BCUT2D eigenvalue weighted by Crippen LogP contribution is 2.31. The number of carbonyl (C=O) groups excluding carboxylic acids is 1. The van der Waals surface area contributed by atoms with Gasteiger partial charge in [0.05, 0.1) is 11.0 Å². The maximum atomic E-state index is 12.2. The molecular formula is C29H30N4O4. The molecule has 2 amide bonds. The molecule has 8 heteroatoms. The summed E-state index contributed by atoms with van der Waals surface area (Å²) in [6.07, 6.45) is 2.07. The highest BCUT2D eigenvalue weighted by Gasteiger charge is 2.15. The summed E-state index contributed by atoms with van der Waals surface area (Å²) >= 11 is 0. The number of aryl methyl sites for hydroxylation is 2. The van der Waals surface area contributed by atoms with Crippen molar-refractivity contribution in [2.75, 3.05) is 11.9 Å². The van der Waals surface area contributed by atoms with Crippen LogP contribution in [0.1, 0.15) is 30.3 Å². The number of hydrogen-bond acceptors (Lipinski definition) is 4. The van der Waals surface area contributed by atoms with Crippen molar-refractivity contribution in [2.24, 2.45) is 0 Å². The van der Waals surface area contributed by atoms with Gasteiger partial charge in [-0.15, -0.1) is 6.58 Å². The van der Waals surface area contributed by atoms with E-state index in [1.807, 2.05) is 55.5 Å². The predicted molar refractivity (Wildman–Crippen MR) is 145 cm³/mol. The van der Waals surface area contributed by atoms with E-state index in [0.29, 0.717) is 30.1 Å². The van der Waals surface area contributed by atoms with Gasteiger partial charge < -0.3 is 25.0 Å². The fourth-order valence-electron chi connectivity index (χ4n) is 4.30. The number of urea groups is 1. The van der Waals surface area contributed by atoms with Gasteiger partial charge in [-0.3, -0.25) is 0 Å². The lowest BCUT2D eigenvalue weighted by Gasteiger charge is -2.12. The standard InChI is InChI=1S/C29H30N4O4/c1-4-8-26-32-27-19(3)16-22(31-28(34)30-15-5-2)17-24(27)33(26)18-20-11-13-21(14-12-20)23-9-6-7-10-25(23)37-29(35)36/h5-7,9-14,16-17H,2,4,8,15,18H2,1,3H3,(H,35,36)(H2,30,31,34). The van der Waals surface area contributed by atoms with E-state index in [1.54, 1.807) is 18.2 Å². The second kappa shape index (κ2) is 11.4. The van der Waals surface area contributed by atoms with Crippen LogP contribution in [0.25, 0.3) is 22.2 Å². The van der Waals surface area contributed by atoms with Crippen molar-refractivity contribution in [3.63, 3.8) is 0 Å². The molecule has 0 radical (unpaired) electrons. The topological polar surface area (TPSA) is 105 Å². The molecule has 0 fully saturated rings. The van der Waals surface area contributed by atoms with Gasteiger partial charge in [-0.2, -0.15) is 0 Å². The Hall–Kier alpha value is -4.59. The number of carboxylic acid groups (broad SMARTS) is 1. The van der Waals surface area contributed by atoms with Crippen molar-refractivity contribution in [3.05, 3.63) is 90.3 Å². The number of para-hydroxylation sites is 1. The normalized spacial score (nSPS) is 10.8. The average molecular weight is 499 g/mol. The predicted octanol–water partition coefficient (Wildman–Crippen LogP) is 6.38. The summed E-state index contributed by atoms with van der Waals surface area (Å²) in [5.41, 5.74) is 6.18. The molecule has 3 N–H and O–H groups in total. The minimum atomic E-state index is -1.35. The van der Waals surface area contributed by atoms with E-state index in [4.69, 9.17) is 14.8 Å². The fraction of sp³-hybridized carbons (Fsp3) is 0.207. The minimum Gasteiger partial charge on any atom is -0.449 e. The lowest BCUT2D eigenvalue weighted by atomic mass is 10.0. The minimum absolute atomic E-state index is 0.291. The molecule has 0 aliphatic rings. The maximum absolute atomic E-state index is 12.2. The van der Waals surface area contributed by atoms with Crippen LogP contribution in [-0.2, 0) is 13.0 Å². The third-order valence-corrected chi connectivity index (χ3v) is 5.95. The van der Waals surface area contributed by atoms with Gasteiger partial charge in [0.2, 0.25) is 0 Å². The number of amides is 2. The summed E-state index contributed by atoms with van der Waals surface area (Å²) in [4.78, 5) is 28.2. The number of nitrogens with zero attached hydrogens (tertiary/aromatic N) is 2. The number of nitrogens with one attached hydrogen (secondary N) is 2. The van der Waals surface area contributed by atoms with Crippen LogP contribution in [0.3, 0.4) is 0 Å². The van der Waals surface area contributed by atoms with Crippen LogP contribution in [-0.4, -0.2) is 33.4 Å². The van der Waals surface area contributed by atoms with Gasteiger partial charge in [0.1, 0.15) is 11.6 Å². The first kappa shape index (κ1) is 25.5. The molecule has 1 aromatic heterocycles. The summed E-state index contributed by atoms with van der Waals surface area (Å²) in [5, 5.41) is 14.7. The smallest absolute Gasteiger partial charge is 0.449 e. The first-order valence-electron chi connectivity index (χ1n) is 12.1. The van der Waals surface area contributed by atoms with Crippen LogP contribution in [0.2, 0.25) is 0 Å². The van der Waals surface area contributed by atoms with Crippen LogP contribution in [0.5, 0.6) is 5.75 Å². The van der Waals surface area contributed by atoms with Gasteiger partial charge in [0.25, 0.3) is 0 Å². The number of anilines is 1. The average Bonchev–Trinajstić information content (AvgIpc) is 3.21. The van der Waals surface area contributed by atoms with E-state index in [9.17, 15) is 9.59 Å². The van der Waals surface area contributed by atoms with Crippen molar-refractivity contribution in [1.82, 2.24) is 14.9 Å². The first-order valence-corrected chi connectivity index (χ1v) is 12.1. The number of carbonyl (C=O) groups is 2. The second-order valence-corrected chi connectivity index (χ2v) is 8.71. The van der Waals surface area contributed by atoms with Crippen molar-refractivity contribution in [3.8, 4) is 16.9 Å². The van der Waals surface area contributed by atoms with Gasteiger partial charge in [-0.25, -0.2) is 14.6 Å². The van der Waals surface area contributed by atoms with E-state index in [-0.39, 0.29) is 6.03 Å². The molecule has 0 atom stereocenters. The summed E-state index contributed by atoms with van der Waals surface area (Å²) in [6, 6.07) is 18.6. The van der Waals surface area contributed by atoms with E-state index in [1.165, 1.54) is 0 Å². The zero-order chi connectivity index (χ0) is 26.4. The van der Waals surface area contributed by atoms with Crippen LogP contribution >= 0.6 is 0 Å². The van der Waals surface area contributed by atoms with Gasteiger partial charge in [-0.1, -0.05) is 55.5 Å². The number of hydrogen-bond donors (Lipinski definition) is 3. The Bertz CT molecular complexity index is 1440. The summed E-state index contributed by atoms with van der Waals surface area (Å²) < 4.78 is 7.13. The number of ether oxygens (including phenoxy) is 1. The van der Waals surface area contributed by atoms with Gasteiger partial charge >= 0.3 is 12.2 Å². The zero-order valence-corrected chi connectivity index (χ0v) is 21.0. The van der Waals surface area contributed by atoms with Crippen molar-refractivity contribution in [1.29, 1.82) is 0 Å². The van der Waals surface area contributed by atoms with Crippen LogP contribution < -0.4 is 15.4 Å². The van der Waals surface area contributed by atoms with Gasteiger partial charge in [0, 0.05) is 30.8 Å². The number of imidazole rings is 1. The Morgan fingerprint density at radius 2 is 1.89 bits per heavy atom. The van der Waals surface area contributed by atoms with E-state index < -0.39 is 6.16 Å². The van der Waals surface area contributed by atoms with Gasteiger partial charge in [-0.05, 0) is 48.2 Å². The fourth-order valence-corrected chi connectivity index (χ4v) is 4.30. The Morgan fingerprint density at radius 3 is 2.59 bits per heavy atom. The summed E-state index contributed by atoms with van der Waals surface area (Å²) in [5.74, 6) is 1.28. The lowest BCUT2D eigenvalue weighted by molar-refractivity contribution is 0.144. The molecule has 0 aliphatic carbocycles. The second-order valence-electron chi connectivity index (χ2n) is 8.71. The lowest BCUT2D eigenvalue weighted by Crippen LogP contribution is -2.28. The molecule has 1 heterocycles. The molecule has 0 saturated heterocycles. The molecule has 4 rings (SSSR count). The third kappa shape index (κ3) is 5.98. The molecular weight excluding hydrogens is 468 g/mol. The van der Waals surface area contributed by atoms with Crippen molar-refractivity contribution in [2.45, 2.75) is 33.2 Å². The molecule has 37 heavy (non-hydrogen) atoms. The molecule has 0 saturated carbocycles. The highest BCUT2D eigenvalue weighted by atomic mass is 16.7. The summed E-state index contributed by atoms with van der Waals surface area (Å²) in [7, 11) is 0. The van der Waals surface area contributed by atoms with Crippen molar-refractivity contribution < 1.29 is 19.4 Å². The molecule has 0 aliphatic heterocycles. The van der Waals surface area contributed by atoms with E-state index in [2.05, 4.69) is 28.7 Å². The van der Waals surface area contributed by atoms with E-state index >= 15 is 0 Å². The Labute approximate surface area is 215 Å². The quantitative estimate of drug-likeness (QED) is 0.141. The van der Waals surface area contributed by atoms with Crippen molar-refractivity contribution >= 4 is 28.9 Å². The van der Waals surface area contributed by atoms with Gasteiger partial charge in [0.15, 0.2) is 0 Å². The number of fused-ring (bicyclic) bond motifs is 1.